The van der Waals surface area contributed by atoms with Crippen LogP contribution in [-0.4, -0.2) is 31.0 Å². The summed E-state index contributed by atoms with van der Waals surface area (Å²) < 4.78 is 1.92. The molecule has 0 spiro atoms. The van der Waals surface area contributed by atoms with Gasteiger partial charge in [-0.1, -0.05) is 25.6 Å². The van der Waals surface area contributed by atoms with Gasteiger partial charge >= 0.3 is 0 Å². The van der Waals surface area contributed by atoms with Crippen LogP contribution in [0.1, 0.15) is 25.5 Å². The maximum absolute atomic E-state index is 4.78. The summed E-state index contributed by atoms with van der Waals surface area (Å²) in [5.41, 5.74) is 4.72. The van der Waals surface area contributed by atoms with E-state index in [4.69, 9.17) is 4.98 Å². The fraction of sp³-hybridized carbons (Fsp3) is 0.333. The number of nitrogens with zero attached hydrogens (tertiary/aromatic N) is 5. The van der Waals surface area contributed by atoms with Crippen LogP contribution in [0.2, 0.25) is 0 Å². The largest absolute Gasteiger partial charge is 0.270 e. The first-order valence-electron chi connectivity index (χ1n) is 6.81. The van der Waals surface area contributed by atoms with E-state index in [2.05, 4.69) is 28.9 Å². The predicted molar refractivity (Wildman–Crippen MR) is 85.4 cm³/mol. The first-order valence-corrected chi connectivity index (χ1v) is 8.03. The fourth-order valence-corrected chi connectivity index (χ4v) is 2.82. The minimum absolute atomic E-state index is 0.370. The van der Waals surface area contributed by atoms with Gasteiger partial charge in [-0.05, 0) is 30.4 Å². The van der Waals surface area contributed by atoms with Crippen molar-refractivity contribution in [2.24, 2.45) is 7.05 Å². The number of thioether (sulfide) groups is 1. The van der Waals surface area contributed by atoms with E-state index in [-0.39, 0.29) is 0 Å². The first kappa shape index (κ1) is 14.0. The van der Waals surface area contributed by atoms with E-state index in [1.807, 2.05) is 36.2 Å². The average Bonchev–Trinajstić information content (AvgIpc) is 2.82. The number of pyridine rings is 1. The Bertz CT molecular complexity index is 794. The molecular weight excluding hydrogens is 282 g/mol. The van der Waals surface area contributed by atoms with Crippen molar-refractivity contribution in [3.05, 3.63) is 30.1 Å². The van der Waals surface area contributed by atoms with E-state index in [9.17, 15) is 0 Å². The average molecular weight is 299 g/mol. The van der Waals surface area contributed by atoms with E-state index >= 15 is 0 Å². The van der Waals surface area contributed by atoms with E-state index in [0.717, 1.165) is 33.3 Å². The standard InChI is InChI=1S/C15H17N5S/c1-9(2)14-13-12(19-20(14)3)6-5-10(17-13)11-7-8-16-15(18-11)21-4/h5-9H,1-4H3. The van der Waals surface area contributed by atoms with Gasteiger partial charge in [0, 0.05) is 13.2 Å². The van der Waals surface area contributed by atoms with Crippen LogP contribution in [0.15, 0.2) is 29.6 Å². The highest BCUT2D eigenvalue weighted by molar-refractivity contribution is 7.98. The zero-order chi connectivity index (χ0) is 15.0. The third kappa shape index (κ3) is 2.51. The Labute approximate surface area is 127 Å². The Morgan fingerprint density at radius 3 is 2.57 bits per heavy atom. The molecule has 0 aliphatic heterocycles. The molecule has 6 heteroatoms. The molecule has 0 fully saturated rings. The molecule has 0 aromatic carbocycles. The van der Waals surface area contributed by atoms with E-state index in [1.165, 1.54) is 11.8 Å². The second kappa shape index (κ2) is 5.44. The number of rotatable bonds is 3. The maximum Gasteiger partial charge on any atom is 0.187 e. The number of fused-ring (bicyclic) bond motifs is 1. The van der Waals surface area contributed by atoms with Crippen molar-refractivity contribution >= 4 is 22.8 Å². The number of aryl methyl sites for hydroxylation is 1. The third-order valence-electron chi connectivity index (χ3n) is 3.35. The summed E-state index contributed by atoms with van der Waals surface area (Å²) >= 11 is 1.53. The molecule has 3 aromatic rings. The van der Waals surface area contributed by atoms with Crippen molar-refractivity contribution in [2.75, 3.05) is 6.26 Å². The van der Waals surface area contributed by atoms with Crippen LogP contribution < -0.4 is 0 Å². The lowest BCUT2D eigenvalue weighted by Gasteiger charge is -2.06. The number of hydrogen-bond donors (Lipinski definition) is 0. The predicted octanol–water partition coefficient (Wildman–Crippen LogP) is 3.27. The lowest BCUT2D eigenvalue weighted by molar-refractivity contribution is 0.676. The second-order valence-corrected chi connectivity index (χ2v) is 5.93. The van der Waals surface area contributed by atoms with Gasteiger partial charge in [0.2, 0.25) is 0 Å². The summed E-state index contributed by atoms with van der Waals surface area (Å²) in [7, 11) is 1.97. The summed E-state index contributed by atoms with van der Waals surface area (Å²) in [6, 6.07) is 5.86. The SMILES string of the molecule is CSc1nccc(-c2ccc3nn(C)c(C(C)C)c3n2)n1. The van der Waals surface area contributed by atoms with Gasteiger partial charge in [-0.2, -0.15) is 5.10 Å². The molecule has 21 heavy (non-hydrogen) atoms. The molecule has 0 saturated heterocycles. The summed E-state index contributed by atoms with van der Waals surface area (Å²) in [5.74, 6) is 0.370. The zero-order valence-electron chi connectivity index (χ0n) is 12.5. The number of aromatic nitrogens is 5. The molecule has 0 aliphatic rings. The van der Waals surface area contributed by atoms with Crippen LogP contribution in [0.5, 0.6) is 0 Å². The molecule has 0 radical (unpaired) electrons. The van der Waals surface area contributed by atoms with Crippen LogP contribution >= 0.6 is 11.8 Å². The molecule has 0 bridgehead atoms. The van der Waals surface area contributed by atoms with E-state index < -0.39 is 0 Å². The second-order valence-electron chi connectivity index (χ2n) is 5.16. The highest BCUT2D eigenvalue weighted by Gasteiger charge is 2.15. The van der Waals surface area contributed by atoms with E-state index in [1.54, 1.807) is 6.20 Å². The molecular formula is C15H17N5S. The number of hydrogen-bond acceptors (Lipinski definition) is 5. The first-order chi connectivity index (χ1) is 10.1. The monoisotopic (exact) mass is 299 g/mol. The molecule has 108 valence electrons. The van der Waals surface area contributed by atoms with Gasteiger partial charge < -0.3 is 0 Å². The lowest BCUT2D eigenvalue weighted by atomic mass is 10.1. The van der Waals surface area contributed by atoms with Gasteiger partial charge in [-0.25, -0.2) is 15.0 Å². The minimum Gasteiger partial charge on any atom is -0.270 e. The third-order valence-corrected chi connectivity index (χ3v) is 3.91. The van der Waals surface area contributed by atoms with Crippen molar-refractivity contribution < 1.29 is 0 Å². The van der Waals surface area contributed by atoms with Crippen LogP contribution in [0.3, 0.4) is 0 Å². The highest BCUT2D eigenvalue weighted by atomic mass is 32.2. The van der Waals surface area contributed by atoms with Crippen LogP contribution in [0.4, 0.5) is 0 Å². The van der Waals surface area contributed by atoms with Crippen LogP contribution in [-0.2, 0) is 7.05 Å². The van der Waals surface area contributed by atoms with Crippen LogP contribution in [0.25, 0.3) is 22.4 Å². The molecule has 3 rings (SSSR count). The molecule has 0 aliphatic carbocycles. The summed E-state index contributed by atoms with van der Waals surface area (Å²) in [5, 5.41) is 5.27. The molecule has 3 aromatic heterocycles. The maximum atomic E-state index is 4.78. The molecule has 0 saturated carbocycles. The van der Waals surface area contributed by atoms with Crippen molar-refractivity contribution in [1.82, 2.24) is 24.7 Å². The van der Waals surface area contributed by atoms with Gasteiger partial charge in [0.25, 0.3) is 0 Å². The molecule has 5 nitrogen and oxygen atoms in total. The van der Waals surface area contributed by atoms with Gasteiger partial charge in [0.05, 0.1) is 17.1 Å². The van der Waals surface area contributed by atoms with E-state index in [0.29, 0.717) is 5.92 Å². The molecule has 0 atom stereocenters. The van der Waals surface area contributed by atoms with Crippen molar-refractivity contribution in [3.8, 4) is 11.4 Å². The Balaban J connectivity index is 2.18. The van der Waals surface area contributed by atoms with Gasteiger partial charge in [-0.15, -0.1) is 0 Å². The minimum atomic E-state index is 0.370. The Hall–Kier alpha value is -1.95. The molecule has 0 N–H and O–H groups in total. The van der Waals surface area contributed by atoms with Gasteiger partial charge in [-0.3, -0.25) is 4.68 Å². The quantitative estimate of drug-likeness (QED) is 0.549. The molecule has 3 heterocycles. The zero-order valence-corrected chi connectivity index (χ0v) is 13.3. The smallest absolute Gasteiger partial charge is 0.187 e. The van der Waals surface area contributed by atoms with Gasteiger partial charge in [0.1, 0.15) is 11.0 Å². The van der Waals surface area contributed by atoms with Crippen molar-refractivity contribution in [2.45, 2.75) is 24.9 Å². The normalized spacial score (nSPS) is 11.5. The summed E-state index contributed by atoms with van der Waals surface area (Å²) in [6.45, 7) is 4.31. The highest BCUT2D eigenvalue weighted by Crippen LogP contribution is 2.26. The van der Waals surface area contributed by atoms with Crippen molar-refractivity contribution in [3.63, 3.8) is 0 Å². The summed E-state index contributed by atoms with van der Waals surface area (Å²) in [4.78, 5) is 13.5. The topological polar surface area (TPSA) is 56.5 Å². The molecule has 0 amide bonds. The summed E-state index contributed by atoms with van der Waals surface area (Å²) in [6.07, 6.45) is 3.74. The Kier molecular flexibility index (Phi) is 3.63. The van der Waals surface area contributed by atoms with Crippen LogP contribution in [0, 0.1) is 0 Å². The Morgan fingerprint density at radius 1 is 1.10 bits per heavy atom. The fourth-order valence-electron chi connectivity index (χ4n) is 2.46. The van der Waals surface area contributed by atoms with Crippen molar-refractivity contribution in [1.29, 1.82) is 0 Å². The Morgan fingerprint density at radius 2 is 1.86 bits per heavy atom. The van der Waals surface area contributed by atoms with Gasteiger partial charge in [0.15, 0.2) is 5.16 Å². The lowest BCUT2D eigenvalue weighted by Crippen LogP contribution is -2.00. The molecule has 0 unspecified atom stereocenters.